The van der Waals surface area contributed by atoms with Gasteiger partial charge in [0.05, 0.1) is 11.6 Å². The molecule has 2 nitrogen and oxygen atoms in total. The number of thioether (sulfide) groups is 1. The Morgan fingerprint density at radius 2 is 2.40 bits per heavy atom. The predicted octanol–water partition coefficient (Wildman–Crippen LogP) is 2.84. The fraction of sp³-hybridized carbons (Fsp3) is 0.455. The summed E-state index contributed by atoms with van der Waals surface area (Å²) in [4.78, 5) is 0. The molecule has 1 fully saturated rings. The smallest absolute Gasteiger partial charge is 0.133 e. The Bertz CT molecular complexity index is 339. The summed E-state index contributed by atoms with van der Waals surface area (Å²) in [6.45, 7) is 2.18. The van der Waals surface area contributed by atoms with E-state index >= 15 is 0 Å². The number of hydrogen-bond acceptors (Lipinski definition) is 3. The molecule has 0 radical (unpaired) electrons. The second kappa shape index (κ2) is 5.23. The van der Waals surface area contributed by atoms with Crippen LogP contribution in [-0.4, -0.2) is 26.0 Å². The average Bonchev–Trinajstić information content (AvgIpc) is 2.30. The van der Waals surface area contributed by atoms with E-state index in [1.807, 2.05) is 17.8 Å². The van der Waals surface area contributed by atoms with Crippen molar-refractivity contribution in [1.29, 1.82) is 0 Å². The van der Waals surface area contributed by atoms with Crippen molar-refractivity contribution >= 4 is 27.7 Å². The molecular weight excluding hydrogens is 274 g/mol. The minimum Gasteiger partial charge on any atom is -0.496 e. The van der Waals surface area contributed by atoms with Gasteiger partial charge in [0.15, 0.2) is 0 Å². The van der Waals surface area contributed by atoms with Crippen LogP contribution in [0.3, 0.4) is 0 Å². The zero-order valence-electron chi connectivity index (χ0n) is 8.63. The van der Waals surface area contributed by atoms with Crippen molar-refractivity contribution in [2.45, 2.75) is 5.25 Å². The van der Waals surface area contributed by atoms with E-state index < -0.39 is 0 Å². The van der Waals surface area contributed by atoms with Crippen LogP contribution >= 0.6 is 27.7 Å². The van der Waals surface area contributed by atoms with Gasteiger partial charge in [-0.3, -0.25) is 0 Å². The van der Waals surface area contributed by atoms with Gasteiger partial charge in [0.2, 0.25) is 0 Å². The SMILES string of the molecule is COc1ccc(C2CNCCS2)cc1Br. The molecular formula is C11H14BrNOS. The Labute approximate surface area is 103 Å². The first-order valence-electron chi connectivity index (χ1n) is 4.97. The Hall–Kier alpha value is -0.190. The molecule has 1 unspecified atom stereocenters. The summed E-state index contributed by atoms with van der Waals surface area (Å²) in [5.41, 5.74) is 1.36. The van der Waals surface area contributed by atoms with Crippen molar-refractivity contribution in [2.24, 2.45) is 0 Å². The van der Waals surface area contributed by atoms with Crippen molar-refractivity contribution in [1.82, 2.24) is 5.32 Å². The van der Waals surface area contributed by atoms with Gasteiger partial charge in [-0.25, -0.2) is 0 Å². The van der Waals surface area contributed by atoms with Crippen molar-refractivity contribution < 1.29 is 4.74 Å². The number of ether oxygens (including phenoxy) is 1. The third-order valence-corrected chi connectivity index (χ3v) is 4.38. The summed E-state index contributed by atoms with van der Waals surface area (Å²) in [6, 6.07) is 6.33. The largest absolute Gasteiger partial charge is 0.496 e. The van der Waals surface area contributed by atoms with Crippen LogP contribution in [0.4, 0.5) is 0 Å². The van der Waals surface area contributed by atoms with Crippen LogP contribution in [0.15, 0.2) is 22.7 Å². The molecule has 0 aromatic heterocycles. The van der Waals surface area contributed by atoms with Crippen LogP contribution in [0.25, 0.3) is 0 Å². The van der Waals surface area contributed by atoms with E-state index in [-0.39, 0.29) is 0 Å². The molecule has 1 aliphatic heterocycles. The van der Waals surface area contributed by atoms with Gasteiger partial charge in [-0.15, -0.1) is 0 Å². The van der Waals surface area contributed by atoms with E-state index in [1.165, 1.54) is 11.3 Å². The van der Waals surface area contributed by atoms with Gasteiger partial charge in [0.25, 0.3) is 0 Å². The summed E-state index contributed by atoms with van der Waals surface area (Å²) >= 11 is 5.53. The second-order valence-electron chi connectivity index (χ2n) is 3.46. The number of methoxy groups -OCH3 is 1. The molecule has 1 saturated heterocycles. The lowest BCUT2D eigenvalue weighted by Gasteiger charge is -2.23. The molecule has 1 heterocycles. The quantitative estimate of drug-likeness (QED) is 0.904. The topological polar surface area (TPSA) is 21.3 Å². The lowest BCUT2D eigenvalue weighted by Crippen LogP contribution is -2.28. The molecule has 0 saturated carbocycles. The lowest BCUT2D eigenvalue weighted by atomic mass is 10.1. The van der Waals surface area contributed by atoms with Crippen molar-refractivity contribution in [3.05, 3.63) is 28.2 Å². The number of rotatable bonds is 2. The van der Waals surface area contributed by atoms with Crippen LogP contribution in [0, 0.1) is 0 Å². The Kier molecular flexibility index (Phi) is 3.94. The summed E-state index contributed by atoms with van der Waals surface area (Å²) in [6.07, 6.45) is 0. The van der Waals surface area contributed by atoms with Crippen molar-refractivity contribution in [3.63, 3.8) is 0 Å². The number of benzene rings is 1. The van der Waals surface area contributed by atoms with Crippen molar-refractivity contribution in [2.75, 3.05) is 26.0 Å². The molecule has 1 atom stereocenters. The maximum Gasteiger partial charge on any atom is 0.133 e. The molecule has 15 heavy (non-hydrogen) atoms. The highest BCUT2D eigenvalue weighted by molar-refractivity contribution is 9.10. The lowest BCUT2D eigenvalue weighted by molar-refractivity contribution is 0.412. The molecule has 1 aromatic rings. The third-order valence-electron chi connectivity index (χ3n) is 2.48. The maximum atomic E-state index is 5.22. The first-order valence-corrected chi connectivity index (χ1v) is 6.81. The van der Waals surface area contributed by atoms with E-state index in [4.69, 9.17) is 4.74 Å². The van der Waals surface area contributed by atoms with Crippen LogP contribution < -0.4 is 10.1 Å². The van der Waals surface area contributed by atoms with Crippen LogP contribution in [-0.2, 0) is 0 Å². The van der Waals surface area contributed by atoms with Gasteiger partial charge < -0.3 is 10.1 Å². The molecule has 82 valence electrons. The van der Waals surface area contributed by atoms with E-state index in [0.29, 0.717) is 5.25 Å². The summed E-state index contributed by atoms with van der Waals surface area (Å²) in [7, 11) is 1.69. The van der Waals surface area contributed by atoms with Crippen LogP contribution in [0.5, 0.6) is 5.75 Å². The fourth-order valence-electron chi connectivity index (χ4n) is 1.66. The van der Waals surface area contributed by atoms with E-state index in [1.54, 1.807) is 7.11 Å². The second-order valence-corrected chi connectivity index (χ2v) is 5.62. The number of nitrogens with one attached hydrogen (secondary N) is 1. The zero-order valence-corrected chi connectivity index (χ0v) is 11.0. The highest BCUT2D eigenvalue weighted by Crippen LogP contribution is 2.34. The van der Waals surface area contributed by atoms with Gasteiger partial charge in [0, 0.05) is 24.1 Å². The molecule has 0 spiro atoms. The van der Waals surface area contributed by atoms with Gasteiger partial charge in [-0.05, 0) is 33.6 Å². The molecule has 1 aliphatic rings. The van der Waals surface area contributed by atoms with E-state index in [0.717, 1.165) is 23.3 Å². The predicted molar refractivity (Wildman–Crippen MR) is 68.8 cm³/mol. The van der Waals surface area contributed by atoms with Gasteiger partial charge >= 0.3 is 0 Å². The average molecular weight is 288 g/mol. The first-order chi connectivity index (χ1) is 7.31. The fourth-order valence-corrected chi connectivity index (χ4v) is 3.34. The highest BCUT2D eigenvalue weighted by Gasteiger charge is 2.16. The standard InChI is InChI=1S/C11H14BrNOS/c1-14-10-3-2-8(6-9(10)12)11-7-13-4-5-15-11/h2-3,6,11,13H,4-5,7H2,1H3. The molecule has 0 aliphatic carbocycles. The maximum absolute atomic E-state index is 5.22. The molecule has 0 amide bonds. The molecule has 1 N–H and O–H groups in total. The minimum absolute atomic E-state index is 0.570. The van der Waals surface area contributed by atoms with Crippen molar-refractivity contribution in [3.8, 4) is 5.75 Å². The summed E-state index contributed by atoms with van der Waals surface area (Å²) in [5, 5.41) is 3.98. The van der Waals surface area contributed by atoms with E-state index in [9.17, 15) is 0 Å². The number of halogens is 1. The molecule has 0 bridgehead atoms. The zero-order chi connectivity index (χ0) is 10.7. The Morgan fingerprint density at radius 3 is 3.00 bits per heavy atom. The Balaban J connectivity index is 2.17. The molecule has 1 aromatic carbocycles. The normalized spacial score (nSPS) is 21.3. The minimum atomic E-state index is 0.570. The highest BCUT2D eigenvalue weighted by atomic mass is 79.9. The van der Waals surface area contributed by atoms with Crippen LogP contribution in [0.1, 0.15) is 10.8 Å². The summed E-state index contributed by atoms with van der Waals surface area (Å²) in [5.74, 6) is 2.08. The molecule has 4 heteroatoms. The summed E-state index contributed by atoms with van der Waals surface area (Å²) < 4.78 is 6.25. The molecule has 2 rings (SSSR count). The van der Waals surface area contributed by atoms with Crippen LogP contribution in [0.2, 0.25) is 0 Å². The Morgan fingerprint density at radius 1 is 1.53 bits per heavy atom. The first kappa shape index (κ1) is 11.3. The monoisotopic (exact) mass is 287 g/mol. The van der Waals surface area contributed by atoms with Gasteiger partial charge in [-0.2, -0.15) is 11.8 Å². The number of hydrogen-bond donors (Lipinski definition) is 1. The van der Waals surface area contributed by atoms with E-state index in [2.05, 4.69) is 33.4 Å². The van der Waals surface area contributed by atoms with Gasteiger partial charge in [-0.1, -0.05) is 6.07 Å². The van der Waals surface area contributed by atoms with Gasteiger partial charge in [0.1, 0.15) is 5.75 Å². The third kappa shape index (κ3) is 2.68.